The Morgan fingerprint density at radius 3 is 2.55 bits per heavy atom. The van der Waals surface area contributed by atoms with Crippen LogP contribution in [-0.2, 0) is 24.3 Å². The number of amides is 1. The topological polar surface area (TPSA) is 92.8 Å². The number of nitrogens with zero attached hydrogens (tertiary/aromatic N) is 1. The molecular formula is C22H25ClN2O5S. The molecule has 1 unspecified atom stereocenters. The zero-order valence-electron chi connectivity index (χ0n) is 17.4. The van der Waals surface area contributed by atoms with Gasteiger partial charge in [-0.2, -0.15) is 4.31 Å². The molecule has 1 saturated heterocycles. The molecule has 0 aromatic heterocycles. The van der Waals surface area contributed by atoms with E-state index in [4.69, 9.17) is 16.3 Å². The highest BCUT2D eigenvalue weighted by Gasteiger charge is 2.38. The SMILES string of the molecule is Cc1ccc(S(=O)(=O)N2CCCCC2C(=O)OCC(=O)Nc2cccc(Cl)c2C)cc1. The number of hydrogen-bond acceptors (Lipinski definition) is 5. The first-order valence-corrected chi connectivity index (χ1v) is 11.8. The number of anilines is 1. The third kappa shape index (κ3) is 5.44. The van der Waals surface area contributed by atoms with E-state index in [0.29, 0.717) is 35.5 Å². The lowest BCUT2D eigenvalue weighted by Gasteiger charge is -2.33. The van der Waals surface area contributed by atoms with E-state index in [1.165, 1.54) is 16.4 Å². The molecule has 1 aliphatic rings. The van der Waals surface area contributed by atoms with Gasteiger partial charge in [0, 0.05) is 17.3 Å². The van der Waals surface area contributed by atoms with Gasteiger partial charge in [0.05, 0.1) is 4.90 Å². The second-order valence-electron chi connectivity index (χ2n) is 7.51. The fraction of sp³-hybridized carbons (Fsp3) is 0.364. The van der Waals surface area contributed by atoms with E-state index >= 15 is 0 Å². The molecule has 1 amide bonds. The van der Waals surface area contributed by atoms with Crippen LogP contribution in [0.2, 0.25) is 5.02 Å². The first-order valence-electron chi connectivity index (χ1n) is 10.0. The summed E-state index contributed by atoms with van der Waals surface area (Å²) >= 11 is 6.05. The van der Waals surface area contributed by atoms with Gasteiger partial charge in [0.1, 0.15) is 6.04 Å². The molecule has 1 N–H and O–H groups in total. The van der Waals surface area contributed by atoms with Crippen molar-refractivity contribution in [1.29, 1.82) is 0 Å². The number of piperidine rings is 1. The van der Waals surface area contributed by atoms with Crippen LogP contribution in [0.1, 0.15) is 30.4 Å². The lowest BCUT2D eigenvalue weighted by molar-refractivity contribution is -0.152. The second kappa shape index (κ2) is 9.80. The molecule has 2 aromatic rings. The van der Waals surface area contributed by atoms with Crippen molar-refractivity contribution in [3.05, 3.63) is 58.6 Å². The lowest BCUT2D eigenvalue weighted by atomic mass is 10.1. The van der Waals surface area contributed by atoms with E-state index in [1.807, 2.05) is 6.92 Å². The molecule has 2 aromatic carbocycles. The summed E-state index contributed by atoms with van der Waals surface area (Å²) in [6.07, 6.45) is 1.70. The van der Waals surface area contributed by atoms with E-state index in [-0.39, 0.29) is 11.4 Å². The summed E-state index contributed by atoms with van der Waals surface area (Å²) in [7, 11) is -3.85. The Bertz CT molecular complexity index is 1070. The molecule has 1 heterocycles. The van der Waals surface area contributed by atoms with Gasteiger partial charge >= 0.3 is 5.97 Å². The Labute approximate surface area is 187 Å². The summed E-state index contributed by atoms with van der Waals surface area (Å²) in [6.45, 7) is 3.34. The molecule has 1 aliphatic heterocycles. The number of carbonyl (C=O) groups is 2. The summed E-state index contributed by atoms with van der Waals surface area (Å²) in [4.78, 5) is 25.1. The van der Waals surface area contributed by atoms with E-state index in [2.05, 4.69) is 5.32 Å². The number of nitrogens with one attached hydrogen (secondary N) is 1. The number of carbonyl (C=O) groups excluding carboxylic acids is 2. The van der Waals surface area contributed by atoms with Gasteiger partial charge in [0.25, 0.3) is 5.91 Å². The molecule has 1 fully saturated rings. The molecule has 9 heteroatoms. The van der Waals surface area contributed by atoms with Crippen molar-refractivity contribution < 1.29 is 22.7 Å². The minimum Gasteiger partial charge on any atom is -0.454 e. The van der Waals surface area contributed by atoms with Gasteiger partial charge in [0.15, 0.2) is 6.61 Å². The number of hydrogen-bond donors (Lipinski definition) is 1. The molecule has 3 rings (SSSR count). The highest BCUT2D eigenvalue weighted by molar-refractivity contribution is 7.89. The number of benzene rings is 2. The molecule has 31 heavy (non-hydrogen) atoms. The molecule has 0 aliphatic carbocycles. The average Bonchev–Trinajstić information content (AvgIpc) is 2.75. The Kier molecular flexibility index (Phi) is 7.35. The third-order valence-corrected chi connectivity index (χ3v) is 7.57. The predicted molar refractivity (Wildman–Crippen MR) is 118 cm³/mol. The number of ether oxygens (including phenoxy) is 1. The fourth-order valence-corrected chi connectivity index (χ4v) is 5.26. The van der Waals surface area contributed by atoms with Crippen molar-refractivity contribution in [2.75, 3.05) is 18.5 Å². The maximum absolute atomic E-state index is 13.1. The van der Waals surface area contributed by atoms with Gasteiger partial charge in [-0.1, -0.05) is 35.4 Å². The van der Waals surface area contributed by atoms with Gasteiger partial charge in [-0.25, -0.2) is 8.42 Å². The van der Waals surface area contributed by atoms with E-state index in [9.17, 15) is 18.0 Å². The van der Waals surface area contributed by atoms with Crippen LogP contribution in [0.4, 0.5) is 5.69 Å². The van der Waals surface area contributed by atoms with Crippen LogP contribution in [0.3, 0.4) is 0 Å². The predicted octanol–water partition coefficient (Wildman–Crippen LogP) is 3.68. The average molecular weight is 465 g/mol. The number of halogens is 1. The van der Waals surface area contributed by atoms with Gasteiger partial charge in [-0.3, -0.25) is 9.59 Å². The zero-order valence-corrected chi connectivity index (χ0v) is 19.0. The number of esters is 1. The minimum atomic E-state index is -3.85. The van der Waals surface area contributed by atoms with Crippen LogP contribution in [0.25, 0.3) is 0 Å². The number of sulfonamides is 1. The van der Waals surface area contributed by atoms with Crippen molar-refractivity contribution in [1.82, 2.24) is 4.31 Å². The summed E-state index contributed by atoms with van der Waals surface area (Å²) in [6, 6.07) is 10.6. The lowest BCUT2D eigenvalue weighted by Crippen LogP contribution is -2.48. The van der Waals surface area contributed by atoms with Crippen LogP contribution in [0, 0.1) is 13.8 Å². The normalized spacial score (nSPS) is 17.2. The standard InChI is InChI=1S/C22H25ClN2O5S/c1-15-9-11-17(12-10-15)31(28,29)25-13-4-3-8-20(25)22(27)30-14-21(26)24-19-7-5-6-18(23)16(19)2/h5-7,9-12,20H,3-4,8,13-14H2,1-2H3,(H,24,26). The Morgan fingerprint density at radius 2 is 1.84 bits per heavy atom. The smallest absolute Gasteiger partial charge is 0.324 e. The fourth-order valence-electron chi connectivity index (χ4n) is 3.44. The molecule has 1 atom stereocenters. The summed E-state index contributed by atoms with van der Waals surface area (Å²) < 4.78 is 32.5. The molecule has 0 spiro atoms. The maximum Gasteiger partial charge on any atom is 0.324 e. The summed E-state index contributed by atoms with van der Waals surface area (Å²) in [5.74, 6) is -1.25. The number of rotatable bonds is 6. The van der Waals surface area contributed by atoms with Gasteiger partial charge < -0.3 is 10.1 Å². The Morgan fingerprint density at radius 1 is 1.13 bits per heavy atom. The molecule has 0 saturated carbocycles. The highest BCUT2D eigenvalue weighted by Crippen LogP contribution is 2.27. The third-order valence-electron chi connectivity index (χ3n) is 5.24. The molecule has 7 nitrogen and oxygen atoms in total. The highest BCUT2D eigenvalue weighted by atomic mass is 35.5. The van der Waals surface area contributed by atoms with Crippen molar-refractivity contribution >= 4 is 39.2 Å². The largest absolute Gasteiger partial charge is 0.454 e. The van der Waals surface area contributed by atoms with Crippen LogP contribution in [0.5, 0.6) is 0 Å². The van der Waals surface area contributed by atoms with Crippen LogP contribution in [-0.4, -0.2) is 43.8 Å². The van der Waals surface area contributed by atoms with Gasteiger partial charge in [0.2, 0.25) is 10.0 Å². The van der Waals surface area contributed by atoms with E-state index in [1.54, 1.807) is 37.3 Å². The Hall–Kier alpha value is -2.42. The Balaban J connectivity index is 1.67. The first kappa shape index (κ1) is 23.2. The first-order chi connectivity index (χ1) is 14.7. The van der Waals surface area contributed by atoms with Crippen LogP contribution >= 0.6 is 11.6 Å². The van der Waals surface area contributed by atoms with Gasteiger partial charge in [-0.15, -0.1) is 0 Å². The van der Waals surface area contributed by atoms with Crippen molar-refractivity contribution in [3.8, 4) is 0 Å². The van der Waals surface area contributed by atoms with Crippen molar-refractivity contribution in [3.63, 3.8) is 0 Å². The maximum atomic E-state index is 13.1. The minimum absolute atomic E-state index is 0.131. The monoisotopic (exact) mass is 464 g/mol. The molecule has 166 valence electrons. The summed E-state index contributed by atoms with van der Waals surface area (Å²) in [5, 5.41) is 3.16. The molecule has 0 bridgehead atoms. The van der Waals surface area contributed by atoms with E-state index < -0.39 is 34.5 Å². The van der Waals surface area contributed by atoms with Crippen molar-refractivity contribution in [2.45, 2.75) is 44.0 Å². The summed E-state index contributed by atoms with van der Waals surface area (Å²) in [5.41, 5.74) is 2.16. The molecular weight excluding hydrogens is 440 g/mol. The second-order valence-corrected chi connectivity index (χ2v) is 9.81. The molecule has 0 radical (unpaired) electrons. The number of aryl methyl sites for hydroxylation is 1. The zero-order chi connectivity index (χ0) is 22.6. The quantitative estimate of drug-likeness (QED) is 0.658. The van der Waals surface area contributed by atoms with E-state index in [0.717, 1.165) is 5.56 Å². The van der Waals surface area contributed by atoms with Gasteiger partial charge in [-0.05, 0) is 62.9 Å². The van der Waals surface area contributed by atoms with Crippen LogP contribution < -0.4 is 5.32 Å². The van der Waals surface area contributed by atoms with Crippen molar-refractivity contribution in [2.24, 2.45) is 0 Å². The van der Waals surface area contributed by atoms with Crippen LogP contribution in [0.15, 0.2) is 47.4 Å².